The molecule has 0 bridgehead atoms. The van der Waals surface area contributed by atoms with Gasteiger partial charge >= 0.3 is 0 Å². The van der Waals surface area contributed by atoms with E-state index in [4.69, 9.17) is 11.6 Å². The van der Waals surface area contributed by atoms with Crippen molar-refractivity contribution in [1.82, 2.24) is 9.78 Å². The van der Waals surface area contributed by atoms with E-state index in [1.54, 1.807) is 16.8 Å². The predicted molar refractivity (Wildman–Crippen MR) is 75.1 cm³/mol. The molecule has 0 aliphatic heterocycles. The normalized spacial score (nSPS) is 10.7. The molecule has 0 saturated carbocycles. The van der Waals surface area contributed by atoms with Crippen molar-refractivity contribution in [2.24, 2.45) is 7.05 Å². The number of aryl methyl sites for hydroxylation is 2. The minimum atomic E-state index is -0.00417. The number of ketones is 1. The maximum absolute atomic E-state index is 12.2. The first-order chi connectivity index (χ1) is 8.47. The van der Waals surface area contributed by atoms with Crippen LogP contribution in [0.15, 0.2) is 28.7 Å². The number of hydrogen-bond donors (Lipinski definition) is 0. The summed E-state index contributed by atoms with van der Waals surface area (Å²) in [6.07, 6.45) is 0.304. The second kappa shape index (κ2) is 5.24. The van der Waals surface area contributed by atoms with E-state index in [9.17, 15) is 4.79 Å². The topological polar surface area (TPSA) is 34.9 Å². The molecule has 0 amide bonds. The van der Waals surface area contributed by atoms with E-state index >= 15 is 0 Å². The molecule has 2 aromatic rings. The van der Waals surface area contributed by atoms with Gasteiger partial charge in [0.15, 0.2) is 5.78 Å². The Labute approximate surface area is 119 Å². The third-order valence-corrected chi connectivity index (χ3v) is 3.48. The molecule has 0 fully saturated rings. The number of Topliss-reactive ketones (excluding diaryl/α,β-unsaturated/α-hetero) is 1. The molecule has 2 rings (SSSR count). The van der Waals surface area contributed by atoms with Crippen LogP contribution in [-0.2, 0) is 13.5 Å². The Hall–Kier alpha value is -1.13. The maximum Gasteiger partial charge on any atom is 0.170 e. The minimum Gasteiger partial charge on any atom is -0.294 e. The fourth-order valence-electron chi connectivity index (χ4n) is 1.81. The minimum absolute atomic E-state index is 0.00417. The summed E-state index contributed by atoms with van der Waals surface area (Å²) in [7, 11) is 1.83. The van der Waals surface area contributed by atoms with Gasteiger partial charge in [-0.3, -0.25) is 9.48 Å². The molecule has 0 radical (unpaired) electrons. The number of benzene rings is 1. The lowest BCUT2D eigenvalue weighted by Gasteiger charge is -2.04. The molecule has 5 heteroatoms. The van der Waals surface area contributed by atoms with E-state index in [-0.39, 0.29) is 5.78 Å². The van der Waals surface area contributed by atoms with Crippen LogP contribution < -0.4 is 0 Å². The van der Waals surface area contributed by atoms with Gasteiger partial charge in [-0.25, -0.2) is 0 Å². The van der Waals surface area contributed by atoms with Crippen LogP contribution in [0.4, 0.5) is 0 Å². The van der Waals surface area contributed by atoms with Gasteiger partial charge in [-0.15, -0.1) is 0 Å². The lowest BCUT2D eigenvalue weighted by molar-refractivity contribution is 0.0991. The van der Waals surface area contributed by atoms with Crippen LogP contribution in [0.3, 0.4) is 0 Å². The average Bonchev–Trinajstić information content (AvgIpc) is 2.57. The molecule has 0 atom stereocenters. The highest BCUT2D eigenvalue weighted by Crippen LogP contribution is 2.22. The van der Waals surface area contributed by atoms with Crippen molar-refractivity contribution in [2.45, 2.75) is 13.3 Å². The summed E-state index contributed by atoms with van der Waals surface area (Å²) in [5, 5.41) is 4.68. The molecule has 3 nitrogen and oxygen atoms in total. The van der Waals surface area contributed by atoms with Crippen LogP contribution in [0.5, 0.6) is 0 Å². The second-order valence-corrected chi connectivity index (χ2v) is 5.45. The van der Waals surface area contributed by atoms with Crippen molar-refractivity contribution in [3.8, 4) is 0 Å². The summed E-state index contributed by atoms with van der Waals surface area (Å²) >= 11 is 9.38. The number of rotatable bonds is 3. The van der Waals surface area contributed by atoms with E-state index in [1.165, 1.54) is 0 Å². The average molecular weight is 328 g/mol. The van der Waals surface area contributed by atoms with Crippen LogP contribution in [0.2, 0.25) is 5.02 Å². The number of halogens is 2. The number of carbonyl (C=O) groups is 1. The van der Waals surface area contributed by atoms with Crippen LogP contribution in [0.1, 0.15) is 21.7 Å². The number of nitrogens with zero attached hydrogens (tertiary/aromatic N) is 2. The first kappa shape index (κ1) is 13.3. The molecule has 0 spiro atoms. The fraction of sp³-hybridized carbons (Fsp3) is 0.231. The first-order valence-electron chi connectivity index (χ1n) is 5.45. The van der Waals surface area contributed by atoms with Crippen molar-refractivity contribution in [2.75, 3.05) is 0 Å². The van der Waals surface area contributed by atoms with Crippen molar-refractivity contribution in [1.29, 1.82) is 0 Å². The van der Waals surface area contributed by atoms with E-state index in [2.05, 4.69) is 21.0 Å². The standard InChI is InChI=1S/C13H12BrClN2O/c1-8-5-10(17(2)16-8)7-13(18)11-4-3-9(14)6-12(11)15/h3-6H,7H2,1-2H3. The molecule has 1 heterocycles. The van der Waals surface area contributed by atoms with Gasteiger partial charge < -0.3 is 0 Å². The maximum atomic E-state index is 12.2. The first-order valence-corrected chi connectivity index (χ1v) is 6.62. The van der Waals surface area contributed by atoms with Crippen LogP contribution in [-0.4, -0.2) is 15.6 Å². The third kappa shape index (κ3) is 2.82. The molecule has 0 N–H and O–H groups in total. The van der Waals surface area contributed by atoms with E-state index in [0.29, 0.717) is 17.0 Å². The molecule has 18 heavy (non-hydrogen) atoms. The van der Waals surface area contributed by atoms with Crippen molar-refractivity contribution >= 4 is 33.3 Å². The summed E-state index contributed by atoms with van der Waals surface area (Å²) in [6.45, 7) is 1.90. The van der Waals surface area contributed by atoms with Gasteiger partial charge in [-0.1, -0.05) is 27.5 Å². The van der Waals surface area contributed by atoms with Gasteiger partial charge in [0, 0.05) is 22.8 Å². The van der Waals surface area contributed by atoms with Gasteiger partial charge in [0.1, 0.15) is 0 Å². The molecule has 0 aliphatic rings. The Bertz CT molecular complexity index is 607. The van der Waals surface area contributed by atoms with E-state index < -0.39 is 0 Å². The van der Waals surface area contributed by atoms with Gasteiger partial charge in [0.25, 0.3) is 0 Å². The summed E-state index contributed by atoms with van der Waals surface area (Å²) in [4.78, 5) is 12.2. The highest BCUT2D eigenvalue weighted by Gasteiger charge is 2.13. The van der Waals surface area contributed by atoms with E-state index in [0.717, 1.165) is 15.9 Å². The van der Waals surface area contributed by atoms with E-state index in [1.807, 2.05) is 26.1 Å². The summed E-state index contributed by atoms with van der Waals surface area (Å²) < 4.78 is 2.58. The molecule has 1 aromatic carbocycles. The molecule has 0 unspecified atom stereocenters. The van der Waals surface area contributed by atoms with Crippen molar-refractivity contribution < 1.29 is 4.79 Å². The van der Waals surface area contributed by atoms with Crippen LogP contribution in [0.25, 0.3) is 0 Å². The molecular formula is C13H12BrClN2O. The van der Waals surface area contributed by atoms with Gasteiger partial charge in [-0.05, 0) is 31.2 Å². The molecule has 94 valence electrons. The highest BCUT2D eigenvalue weighted by molar-refractivity contribution is 9.10. The third-order valence-electron chi connectivity index (χ3n) is 2.67. The molecular weight excluding hydrogens is 316 g/mol. The molecule has 0 saturated heterocycles. The Morgan fingerprint density at radius 1 is 1.44 bits per heavy atom. The molecule has 0 aliphatic carbocycles. The fourth-order valence-corrected chi connectivity index (χ4v) is 2.58. The Morgan fingerprint density at radius 3 is 2.72 bits per heavy atom. The lowest BCUT2D eigenvalue weighted by atomic mass is 10.1. The smallest absolute Gasteiger partial charge is 0.170 e. The summed E-state index contributed by atoms with van der Waals surface area (Å²) in [6, 6.07) is 7.18. The largest absolute Gasteiger partial charge is 0.294 e. The zero-order chi connectivity index (χ0) is 13.3. The molecule has 1 aromatic heterocycles. The van der Waals surface area contributed by atoms with Crippen molar-refractivity contribution in [3.63, 3.8) is 0 Å². The number of carbonyl (C=O) groups excluding carboxylic acids is 1. The van der Waals surface area contributed by atoms with Crippen molar-refractivity contribution in [3.05, 3.63) is 50.7 Å². The summed E-state index contributed by atoms with van der Waals surface area (Å²) in [5.41, 5.74) is 2.33. The second-order valence-electron chi connectivity index (χ2n) is 4.12. The SMILES string of the molecule is Cc1cc(CC(=O)c2ccc(Br)cc2Cl)n(C)n1. The number of aromatic nitrogens is 2. The lowest BCUT2D eigenvalue weighted by Crippen LogP contribution is -2.08. The van der Waals surface area contributed by atoms with Crippen LogP contribution in [0, 0.1) is 6.92 Å². The van der Waals surface area contributed by atoms with Gasteiger partial charge in [-0.2, -0.15) is 5.10 Å². The highest BCUT2D eigenvalue weighted by atomic mass is 79.9. The Kier molecular flexibility index (Phi) is 3.88. The quantitative estimate of drug-likeness (QED) is 0.808. The Morgan fingerprint density at radius 2 is 2.17 bits per heavy atom. The van der Waals surface area contributed by atoms with Crippen LogP contribution >= 0.6 is 27.5 Å². The Balaban J connectivity index is 2.24. The zero-order valence-electron chi connectivity index (χ0n) is 10.1. The monoisotopic (exact) mass is 326 g/mol. The predicted octanol–water partition coefficient (Wildman–Crippen LogP) is 3.57. The summed E-state index contributed by atoms with van der Waals surface area (Å²) in [5.74, 6) is -0.00417. The number of hydrogen-bond acceptors (Lipinski definition) is 2. The van der Waals surface area contributed by atoms with Gasteiger partial charge in [0.05, 0.1) is 17.1 Å². The zero-order valence-corrected chi connectivity index (χ0v) is 12.4. The van der Waals surface area contributed by atoms with Gasteiger partial charge in [0.2, 0.25) is 0 Å².